The maximum atomic E-state index is 2.16. The molecule has 0 atom stereocenters. The standard InChI is InChI=1S/C13H12.C11H10/c1-3-7-12(8-4-1)11-13-9-5-2-6-10-13;1-9-5-4-7-10-6-2-3-8-11(9)10/h1-10H,11H2;2-8H,1H3. The van der Waals surface area contributed by atoms with Gasteiger partial charge in [0, 0.05) is 0 Å². The van der Waals surface area contributed by atoms with Gasteiger partial charge in [-0.1, -0.05) is 103 Å². The molecule has 0 heterocycles. The first-order valence-corrected chi connectivity index (χ1v) is 8.35. The van der Waals surface area contributed by atoms with Gasteiger partial charge in [-0.3, -0.25) is 0 Å². The summed E-state index contributed by atoms with van der Waals surface area (Å²) in [5.74, 6) is 0. The zero-order valence-electron chi connectivity index (χ0n) is 14.0. The monoisotopic (exact) mass is 310 g/mol. The van der Waals surface area contributed by atoms with Crippen LogP contribution in [0.5, 0.6) is 0 Å². The fourth-order valence-electron chi connectivity index (χ4n) is 2.81. The lowest BCUT2D eigenvalue weighted by Gasteiger charge is -2.00. The van der Waals surface area contributed by atoms with Crippen LogP contribution in [0.3, 0.4) is 0 Å². The molecule has 0 amide bonds. The average molecular weight is 310 g/mol. The van der Waals surface area contributed by atoms with E-state index in [9.17, 15) is 0 Å². The van der Waals surface area contributed by atoms with Crippen molar-refractivity contribution in [2.75, 3.05) is 0 Å². The van der Waals surface area contributed by atoms with Gasteiger partial charge < -0.3 is 0 Å². The molecule has 0 saturated carbocycles. The first kappa shape index (κ1) is 16.0. The minimum Gasteiger partial charge on any atom is -0.0622 e. The summed E-state index contributed by atoms with van der Waals surface area (Å²) in [6.07, 6.45) is 1.03. The minimum atomic E-state index is 1.03. The number of hydrogen-bond acceptors (Lipinski definition) is 0. The van der Waals surface area contributed by atoms with Crippen molar-refractivity contribution in [3.63, 3.8) is 0 Å². The van der Waals surface area contributed by atoms with Crippen LogP contribution in [0.4, 0.5) is 0 Å². The van der Waals surface area contributed by atoms with Crippen LogP contribution in [-0.2, 0) is 6.42 Å². The van der Waals surface area contributed by atoms with E-state index in [0.717, 1.165) is 6.42 Å². The van der Waals surface area contributed by atoms with E-state index in [4.69, 9.17) is 0 Å². The predicted molar refractivity (Wildman–Crippen MR) is 104 cm³/mol. The SMILES string of the molecule is Cc1cccc2ccccc12.c1ccc(Cc2ccccc2)cc1. The lowest BCUT2D eigenvalue weighted by Crippen LogP contribution is -1.85. The Labute approximate surface area is 144 Å². The summed E-state index contributed by atoms with van der Waals surface area (Å²) >= 11 is 0. The van der Waals surface area contributed by atoms with Gasteiger partial charge in [-0.15, -0.1) is 0 Å². The molecule has 0 aliphatic carbocycles. The fraction of sp³-hybridized carbons (Fsp3) is 0.0833. The van der Waals surface area contributed by atoms with Crippen LogP contribution >= 0.6 is 0 Å². The third-order valence-corrected chi connectivity index (χ3v) is 4.10. The molecule has 0 aliphatic heterocycles. The maximum Gasteiger partial charge on any atom is -0.00258 e. The zero-order valence-corrected chi connectivity index (χ0v) is 14.0. The third kappa shape index (κ3) is 4.33. The van der Waals surface area contributed by atoms with Gasteiger partial charge in [-0.05, 0) is 40.8 Å². The number of fused-ring (bicyclic) bond motifs is 1. The number of rotatable bonds is 2. The summed E-state index contributed by atoms with van der Waals surface area (Å²) in [4.78, 5) is 0. The summed E-state index contributed by atoms with van der Waals surface area (Å²) in [7, 11) is 0. The van der Waals surface area contributed by atoms with Crippen LogP contribution in [0, 0.1) is 6.92 Å². The van der Waals surface area contributed by atoms with E-state index in [1.54, 1.807) is 0 Å². The average Bonchev–Trinajstić information content (AvgIpc) is 2.65. The van der Waals surface area contributed by atoms with Crippen molar-refractivity contribution >= 4 is 10.8 Å². The van der Waals surface area contributed by atoms with Crippen LogP contribution < -0.4 is 0 Å². The van der Waals surface area contributed by atoms with E-state index in [1.807, 2.05) is 0 Å². The highest BCUT2D eigenvalue weighted by Crippen LogP contribution is 2.16. The van der Waals surface area contributed by atoms with Crippen LogP contribution in [-0.4, -0.2) is 0 Å². The molecule has 24 heavy (non-hydrogen) atoms. The second-order valence-corrected chi connectivity index (χ2v) is 5.94. The van der Waals surface area contributed by atoms with Crippen LogP contribution in [0.2, 0.25) is 0 Å². The van der Waals surface area contributed by atoms with E-state index in [-0.39, 0.29) is 0 Å². The second kappa shape index (κ2) is 8.12. The minimum absolute atomic E-state index is 1.03. The Morgan fingerprint density at radius 2 is 1.00 bits per heavy atom. The van der Waals surface area contributed by atoms with Gasteiger partial charge in [0.15, 0.2) is 0 Å². The molecule has 0 aromatic heterocycles. The van der Waals surface area contributed by atoms with Gasteiger partial charge in [-0.25, -0.2) is 0 Å². The number of hydrogen-bond donors (Lipinski definition) is 0. The molecule has 0 aliphatic rings. The molecular formula is C24H22. The van der Waals surface area contributed by atoms with Gasteiger partial charge in [0.05, 0.1) is 0 Å². The molecule has 4 aromatic rings. The van der Waals surface area contributed by atoms with Crippen molar-refractivity contribution in [2.45, 2.75) is 13.3 Å². The first-order chi connectivity index (χ1) is 11.8. The molecule has 4 aromatic carbocycles. The molecule has 118 valence electrons. The topological polar surface area (TPSA) is 0 Å². The molecule has 0 bridgehead atoms. The van der Waals surface area contributed by atoms with Gasteiger partial charge in [0.25, 0.3) is 0 Å². The largest absolute Gasteiger partial charge is 0.0622 e. The summed E-state index contributed by atoms with van der Waals surface area (Å²) in [6, 6.07) is 35.9. The molecule has 4 rings (SSSR count). The Hall–Kier alpha value is -2.86. The third-order valence-electron chi connectivity index (χ3n) is 4.10. The summed E-state index contributed by atoms with van der Waals surface area (Å²) in [6.45, 7) is 2.14. The Balaban J connectivity index is 0.000000143. The fourth-order valence-corrected chi connectivity index (χ4v) is 2.81. The van der Waals surface area contributed by atoms with Crippen molar-refractivity contribution in [1.82, 2.24) is 0 Å². The highest BCUT2D eigenvalue weighted by Gasteiger charge is 1.93. The lowest BCUT2D eigenvalue weighted by atomic mass is 10.1. The quantitative estimate of drug-likeness (QED) is 0.400. The first-order valence-electron chi connectivity index (χ1n) is 8.35. The smallest absolute Gasteiger partial charge is 0.00258 e. The van der Waals surface area contributed by atoms with Crippen molar-refractivity contribution < 1.29 is 0 Å². The molecular weight excluding hydrogens is 288 g/mol. The van der Waals surface area contributed by atoms with Crippen molar-refractivity contribution in [3.8, 4) is 0 Å². The highest BCUT2D eigenvalue weighted by atomic mass is 14.0. The molecule has 0 fully saturated rings. The Bertz CT molecular complexity index is 834. The lowest BCUT2D eigenvalue weighted by molar-refractivity contribution is 1.19. The summed E-state index contributed by atoms with van der Waals surface area (Å²) in [5.41, 5.74) is 4.09. The van der Waals surface area contributed by atoms with Crippen molar-refractivity contribution in [1.29, 1.82) is 0 Å². The Morgan fingerprint density at radius 1 is 0.500 bits per heavy atom. The molecule has 0 heteroatoms. The zero-order chi connectivity index (χ0) is 16.6. The van der Waals surface area contributed by atoms with Gasteiger partial charge in [0.1, 0.15) is 0 Å². The van der Waals surface area contributed by atoms with Crippen molar-refractivity contribution in [2.24, 2.45) is 0 Å². The number of benzene rings is 4. The molecule has 0 unspecified atom stereocenters. The van der Waals surface area contributed by atoms with Gasteiger partial charge in [0.2, 0.25) is 0 Å². The molecule has 0 radical (unpaired) electrons. The van der Waals surface area contributed by atoms with E-state index in [0.29, 0.717) is 0 Å². The van der Waals surface area contributed by atoms with E-state index in [2.05, 4.69) is 110 Å². The highest BCUT2D eigenvalue weighted by molar-refractivity contribution is 5.85. The summed E-state index contributed by atoms with van der Waals surface area (Å²) < 4.78 is 0. The molecule has 0 saturated heterocycles. The van der Waals surface area contributed by atoms with Crippen LogP contribution in [0.25, 0.3) is 10.8 Å². The molecule has 0 N–H and O–H groups in total. The van der Waals surface area contributed by atoms with Crippen molar-refractivity contribution in [3.05, 3.63) is 120 Å². The van der Waals surface area contributed by atoms with Gasteiger partial charge in [-0.2, -0.15) is 0 Å². The van der Waals surface area contributed by atoms with Crippen LogP contribution in [0.1, 0.15) is 16.7 Å². The summed E-state index contributed by atoms with van der Waals surface area (Å²) in [5, 5.41) is 2.68. The van der Waals surface area contributed by atoms with E-state index < -0.39 is 0 Å². The Morgan fingerprint density at radius 3 is 1.58 bits per heavy atom. The second-order valence-electron chi connectivity index (χ2n) is 5.94. The molecule has 0 spiro atoms. The van der Waals surface area contributed by atoms with E-state index >= 15 is 0 Å². The maximum absolute atomic E-state index is 2.16. The Kier molecular flexibility index (Phi) is 5.42. The number of aryl methyl sites for hydroxylation is 1. The van der Waals surface area contributed by atoms with E-state index in [1.165, 1.54) is 27.5 Å². The van der Waals surface area contributed by atoms with Crippen LogP contribution in [0.15, 0.2) is 103 Å². The predicted octanol–water partition coefficient (Wildman–Crippen LogP) is 6.43. The van der Waals surface area contributed by atoms with Gasteiger partial charge >= 0.3 is 0 Å². The molecule has 0 nitrogen and oxygen atoms in total. The normalized spacial score (nSPS) is 10.0.